The lowest BCUT2D eigenvalue weighted by atomic mass is 10.2. The van der Waals surface area contributed by atoms with Gasteiger partial charge >= 0.3 is 5.97 Å². The van der Waals surface area contributed by atoms with Crippen molar-refractivity contribution >= 4 is 5.97 Å². The van der Waals surface area contributed by atoms with E-state index in [1.807, 2.05) is 0 Å². The van der Waals surface area contributed by atoms with Gasteiger partial charge in [-0.25, -0.2) is 23.5 Å². The highest BCUT2D eigenvalue weighted by molar-refractivity contribution is 5.84. The molecule has 0 aliphatic heterocycles. The first kappa shape index (κ1) is 10.5. The van der Waals surface area contributed by atoms with Crippen molar-refractivity contribution in [2.24, 2.45) is 0 Å². The molecule has 0 amide bonds. The smallest absolute Gasteiger partial charge is 0.376 e. The maximum Gasteiger partial charge on any atom is 0.376 e. The number of hydrogen-bond donors (Lipinski definition) is 0. The molecule has 1 aromatic rings. The number of rotatable bonds is 2. The lowest BCUT2D eigenvalue weighted by Crippen LogP contribution is -2.09. The van der Waals surface area contributed by atoms with Crippen LogP contribution in [0.5, 0.6) is 0 Å². The molecule has 1 rings (SSSR count). The minimum atomic E-state index is -2.64. The van der Waals surface area contributed by atoms with Crippen LogP contribution in [0.3, 0.4) is 0 Å². The van der Waals surface area contributed by atoms with E-state index >= 15 is 0 Å². The molecule has 0 radical (unpaired) electrons. The highest BCUT2D eigenvalue weighted by Gasteiger charge is 2.16. The first-order valence-electron chi connectivity index (χ1n) is 3.76. The van der Waals surface area contributed by atoms with Crippen LogP contribution in [0.4, 0.5) is 8.78 Å². The van der Waals surface area contributed by atoms with Crippen molar-refractivity contribution < 1.29 is 18.3 Å². The number of carbonyl (C=O) groups is 1. The number of carbonyl (C=O) groups excluding carboxylic acids is 1. The Morgan fingerprint density at radius 1 is 1.57 bits per heavy atom. The van der Waals surface area contributed by atoms with Crippen LogP contribution < -0.4 is 0 Å². The fourth-order valence-electron chi connectivity index (χ4n) is 0.880. The second-order valence-corrected chi connectivity index (χ2v) is 2.53. The molecule has 0 atom stereocenters. The minimum absolute atomic E-state index is 0.0791. The molecule has 0 saturated heterocycles. The number of halogens is 2. The number of hydrogen-bond acceptors (Lipinski definition) is 4. The van der Waals surface area contributed by atoms with E-state index in [1.165, 1.54) is 14.0 Å². The fraction of sp³-hybridized carbons (Fsp3) is 0.375. The summed E-state index contributed by atoms with van der Waals surface area (Å²) in [5.74, 6) is -0.955. The summed E-state index contributed by atoms with van der Waals surface area (Å²) in [6.45, 7) is 1.38. The summed E-state index contributed by atoms with van der Waals surface area (Å²) < 4.78 is 28.8. The Balaban J connectivity index is 3.06. The van der Waals surface area contributed by atoms with Crippen LogP contribution >= 0.6 is 0 Å². The number of alkyl halides is 2. The number of nitrogens with zero attached hydrogens (tertiary/aromatic N) is 2. The zero-order valence-electron chi connectivity index (χ0n) is 7.62. The van der Waals surface area contributed by atoms with Gasteiger partial charge in [-0.3, -0.25) is 0 Å². The Morgan fingerprint density at radius 2 is 2.21 bits per heavy atom. The summed E-state index contributed by atoms with van der Waals surface area (Å²) in [6.07, 6.45) is -1.71. The van der Waals surface area contributed by atoms with Gasteiger partial charge in [-0.2, -0.15) is 0 Å². The molecule has 0 aliphatic rings. The monoisotopic (exact) mass is 202 g/mol. The third-order valence-electron chi connectivity index (χ3n) is 1.62. The predicted molar refractivity (Wildman–Crippen MR) is 43.1 cm³/mol. The summed E-state index contributed by atoms with van der Waals surface area (Å²) in [5.41, 5.74) is -0.201. The van der Waals surface area contributed by atoms with Crippen molar-refractivity contribution in [1.82, 2.24) is 9.97 Å². The Morgan fingerprint density at radius 3 is 2.64 bits per heavy atom. The van der Waals surface area contributed by atoms with Gasteiger partial charge in [0.15, 0.2) is 0 Å². The molecule has 6 heteroatoms. The van der Waals surface area contributed by atoms with Crippen LogP contribution in [-0.2, 0) is 4.74 Å². The molecule has 14 heavy (non-hydrogen) atoms. The third kappa shape index (κ3) is 2.01. The number of methoxy groups -OCH3 is 1. The van der Waals surface area contributed by atoms with Crippen LogP contribution in [0, 0.1) is 6.92 Å². The summed E-state index contributed by atoms with van der Waals surface area (Å²) >= 11 is 0. The standard InChI is InChI=1S/C8H8F2N2O2/c1-4-5(6(9)10)3-11-7(12-4)8(13)14-2/h3,6H,1-2H3. The number of esters is 1. The van der Waals surface area contributed by atoms with Crippen molar-refractivity contribution in [1.29, 1.82) is 0 Å². The van der Waals surface area contributed by atoms with E-state index in [2.05, 4.69) is 14.7 Å². The van der Waals surface area contributed by atoms with Crippen molar-refractivity contribution in [3.05, 3.63) is 23.3 Å². The lowest BCUT2D eigenvalue weighted by Gasteiger charge is -2.04. The van der Waals surface area contributed by atoms with Gasteiger partial charge in [0.05, 0.1) is 18.4 Å². The third-order valence-corrected chi connectivity index (χ3v) is 1.62. The van der Waals surface area contributed by atoms with E-state index in [4.69, 9.17) is 0 Å². The van der Waals surface area contributed by atoms with Crippen molar-refractivity contribution in [3.63, 3.8) is 0 Å². The van der Waals surface area contributed by atoms with Gasteiger partial charge in [-0.05, 0) is 6.92 Å². The topological polar surface area (TPSA) is 52.1 Å². The molecule has 0 aliphatic carbocycles. The maximum absolute atomic E-state index is 12.2. The summed E-state index contributed by atoms with van der Waals surface area (Å²) in [4.78, 5) is 18.0. The highest BCUT2D eigenvalue weighted by Crippen LogP contribution is 2.19. The first-order chi connectivity index (χ1) is 6.56. The average Bonchev–Trinajstić information content (AvgIpc) is 2.15. The molecule has 0 aromatic carbocycles. The van der Waals surface area contributed by atoms with Gasteiger partial charge in [-0.1, -0.05) is 0 Å². The van der Waals surface area contributed by atoms with Crippen LogP contribution in [0.1, 0.15) is 28.3 Å². The van der Waals surface area contributed by atoms with Crippen LogP contribution in [0.2, 0.25) is 0 Å². The number of ether oxygens (including phenoxy) is 1. The molecule has 0 saturated carbocycles. The van der Waals surface area contributed by atoms with Crippen molar-refractivity contribution in [3.8, 4) is 0 Å². The lowest BCUT2D eigenvalue weighted by molar-refractivity contribution is 0.0585. The normalized spacial score (nSPS) is 10.4. The Hall–Kier alpha value is -1.59. The number of aromatic nitrogens is 2. The van der Waals surface area contributed by atoms with E-state index in [0.717, 1.165) is 6.20 Å². The van der Waals surface area contributed by atoms with E-state index < -0.39 is 12.4 Å². The van der Waals surface area contributed by atoms with Gasteiger partial charge in [0.25, 0.3) is 6.43 Å². The molecule has 0 spiro atoms. The number of aryl methyl sites for hydroxylation is 1. The Bertz CT molecular complexity index is 355. The summed E-state index contributed by atoms with van der Waals surface area (Å²) in [7, 11) is 1.17. The van der Waals surface area contributed by atoms with Crippen molar-refractivity contribution in [2.45, 2.75) is 13.3 Å². The zero-order chi connectivity index (χ0) is 10.7. The summed E-state index contributed by atoms with van der Waals surface area (Å²) in [5, 5.41) is 0. The van der Waals surface area contributed by atoms with E-state index in [0.29, 0.717) is 0 Å². The molecule has 0 bridgehead atoms. The van der Waals surface area contributed by atoms with Crippen LogP contribution in [-0.4, -0.2) is 23.0 Å². The maximum atomic E-state index is 12.2. The fourth-order valence-corrected chi connectivity index (χ4v) is 0.880. The second kappa shape index (κ2) is 4.08. The minimum Gasteiger partial charge on any atom is -0.463 e. The van der Waals surface area contributed by atoms with Gasteiger partial charge in [-0.15, -0.1) is 0 Å². The largest absolute Gasteiger partial charge is 0.463 e. The van der Waals surface area contributed by atoms with Gasteiger partial charge in [0, 0.05) is 6.20 Å². The molecular formula is C8H8F2N2O2. The molecule has 76 valence electrons. The molecule has 4 nitrogen and oxygen atoms in total. The van der Waals surface area contributed by atoms with Gasteiger partial charge < -0.3 is 4.74 Å². The molecule has 1 heterocycles. The quantitative estimate of drug-likeness (QED) is 0.682. The van der Waals surface area contributed by atoms with Crippen molar-refractivity contribution in [2.75, 3.05) is 7.11 Å². The molecule has 0 N–H and O–H groups in total. The zero-order valence-corrected chi connectivity index (χ0v) is 7.62. The predicted octanol–water partition coefficient (Wildman–Crippen LogP) is 1.51. The highest BCUT2D eigenvalue weighted by atomic mass is 19.3. The van der Waals surface area contributed by atoms with Gasteiger partial charge in [0.2, 0.25) is 5.82 Å². The Labute approximate surface area is 78.9 Å². The summed E-state index contributed by atoms with van der Waals surface area (Å²) in [6, 6.07) is 0. The molecule has 1 aromatic heterocycles. The molecule has 0 fully saturated rings. The van der Waals surface area contributed by atoms with Gasteiger partial charge in [0.1, 0.15) is 0 Å². The SMILES string of the molecule is COC(=O)c1ncc(C(F)F)c(C)n1. The van der Waals surface area contributed by atoms with E-state index in [9.17, 15) is 13.6 Å². The Kier molecular flexibility index (Phi) is 3.06. The molecular weight excluding hydrogens is 194 g/mol. The van der Waals surface area contributed by atoms with E-state index in [-0.39, 0.29) is 17.1 Å². The average molecular weight is 202 g/mol. The first-order valence-corrected chi connectivity index (χ1v) is 3.76. The van der Waals surface area contributed by atoms with Crippen LogP contribution in [0.25, 0.3) is 0 Å². The van der Waals surface area contributed by atoms with E-state index in [1.54, 1.807) is 0 Å². The van der Waals surface area contributed by atoms with Crippen LogP contribution in [0.15, 0.2) is 6.20 Å². The molecule has 0 unspecified atom stereocenters. The second-order valence-electron chi connectivity index (χ2n) is 2.53.